The molecule has 0 spiro atoms. The van der Waals surface area contributed by atoms with Crippen LogP contribution in [0.2, 0.25) is 10.0 Å². The molecular weight excluding hydrogens is 504 g/mol. The summed E-state index contributed by atoms with van der Waals surface area (Å²) < 4.78 is 52.4. The lowest BCUT2D eigenvalue weighted by atomic mass is 10.0. The number of nitrogens with two attached hydrogens (primary N) is 1. The van der Waals surface area contributed by atoms with Crippen LogP contribution < -0.4 is 10.5 Å². The number of nitrogens with zero attached hydrogens (tertiary/aromatic N) is 2. The number of hydrogen-bond acceptors (Lipinski definition) is 6. The van der Waals surface area contributed by atoms with Crippen LogP contribution in [0.25, 0.3) is 16.5 Å². The summed E-state index contributed by atoms with van der Waals surface area (Å²) in [5.41, 5.74) is 8.51. The molecule has 1 aromatic carbocycles. The Kier molecular flexibility index (Phi) is 6.00. The topological polar surface area (TPSA) is 98.7 Å². The van der Waals surface area contributed by atoms with Gasteiger partial charge in [-0.1, -0.05) is 29.3 Å². The molecule has 0 amide bonds. The van der Waals surface area contributed by atoms with Crippen LogP contribution >= 0.6 is 23.2 Å². The lowest BCUT2D eigenvalue weighted by molar-refractivity contribution is 0.227. The van der Waals surface area contributed by atoms with Gasteiger partial charge in [0.05, 0.1) is 21.9 Å². The predicted octanol–water partition coefficient (Wildman–Crippen LogP) is 5.58. The summed E-state index contributed by atoms with van der Waals surface area (Å²) in [5, 5.41) is 0.580. The van der Waals surface area contributed by atoms with E-state index in [9.17, 15) is 12.8 Å². The SMILES string of the molecule is C[C@@H](Oc1c(N)ncc2c(C3=CCN(S(=O)(=O)C4CC4)CC3)coc12)c1c(Cl)ccc(F)c1Cl. The lowest BCUT2D eigenvalue weighted by Crippen LogP contribution is -2.36. The zero-order chi connectivity index (χ0) is 24.2. The van der Waals surface area contributed by atoms with Crippen LogP contribution in [-0.2, 0) is 10.0 Å². The molecule has 1 fully saturated rings. The molecule has 0 unspecified atom stereocenters. The summed E-state index contributed by atoms with van der Waals surface area (Å²) in [6, 6.07) is 2.60. The van der Waals surface area contributed by atoms with Crippen molar-refractivity contribution in [2.75, 3.05) is 18.8 Å². The Balaban J connectivity index is 1.45. The van der Waals surface area contributed by atoms with Gasteiger partial charge in [0.2, 0.25) is 15.8 Å². The Morgan fingerprint density at radius 1 is 1.32 bits per heavy atom. The molecule has 2 aromatic heterocycles. The Hall–Kier alpha value is -2.33. The van der Waals surface area contributed by atoms with E-state index in [0.717, 1.165) is 24.0 Å². The molecule has 0 saturated heterocycles. The van der Waals surface area contributed by atoms with Crippen LogP contribution in [0, 0.1) is 5.82 Å². The molecule has 2 N–H and O–H groups in total. The Morgan fingerprint density at radius 2 is 2.09 bits per heavy atom. The number of rotatable bonds is 6. The fraction of sp³-hybridized carbons (Fsp3) is 0.348. The van der Waals surface area contributed by atoms with E-state index in [-0.39, 0.29) is 26.9 Å². The highest BCUT2D eigenvalue weighted by Crippen LogP contribution is 2.42. The zero-order valence-corrected chi connectivity index (χ0v) is 20.6. The molecular formula is C23H22Cl2FN3O4S. The van der Waals surface area contributed by atoms with Crippen LogP contribution in [0.4, 0.5) is 10.2 Å². The minimum absolute atomic E-state index is 0.100. The third-order valence-corrected chi connectivity index (χ3v) is 9.28. The molecule has 3 aromatic rings. The largest absolute Gasteiger partial charge is 0.478 e. The van der Waals surface area contributed by atoms with E-state index < -0.39 is 21.9 Å². The molecule has 1 saturated carbocycles. The molecule has 34 heavy (non-hydrogen) atoms. The summed E-state index contributed by atoms with van der Waals surface area (Å²) >= 11 is 12.4. The van der Waals surface area contributed by atoms with E-state index in [1.807, 2.05) is 6.08 Å². The number of fused-ring (bicyclic) bond motifs is 1. The van der Waals surface area contributed by atoms with Crippen LogP contribution in [0.3, 0.4) is 0 Å². The standard InChI is InChI=1S/C23H22Cl2FN3O4S/c1-12(19-17(24)4-5-18(26)20(19)25)33-22-21-15(10-28-23(22)27)16(11-32-21)13-6-8-29(9-7-13)34(30,31)14-2-3-14/h4-6,10-12,14H,2-3,7-9H2,1H3,(H2,27,28)/t12-/m1/s1. The van der Waals surface area contributed by atoms with Crippen molar-refractivity contribution in [3.05, 3.63) is 57.7 Å². The number of sulfonamides is 1. The number of halogens is 3. The van der Waals surface area contributed by atoms with E-state index in [1.165, 1.54) is 16.4 Å². The molecule has 2 aliphatic rings. The first-order valence-electron chi connectivity index (χ1n) is 10.8. The molecule has 11 heteroatoms. The van der Waals surface area contributed by atoms with Crippen LogP contribution in [0.5, 0.6) is 5.75 Å². The van der Waals surface area contributed by atoms with Gasteiger partial charge < -0.3 is 14.9 Å². The predicted molar refractivity (Wildman–Crippen MR) is 130 cm³/mol. The third-order valence-electron chi connectivity index (χ3n) is 6.20. The van der Waals surface area contributed by atoms with Gasteiger partial charge in [0.25, 0.3) is 0 Å². The van der Waals surface area contributed by atoms with Crippen molar-refractivity contribution in [2.45, 2.75) is 37.5 Å². The van der Waals surface area contributed by atoms with Crippen LogP contribution in [0.1, 0.15) is 43.4 Å². The molecule has 0 radical (unpaired) electrons. The average Bonchev–Trinajstić information content (AvgIpc) is 3.59. The fourth-order valence-electron chi connectivity index (χ4n) is 4.20. The molecule has 1 aliphatic heterocycles. The van der Waals surface area contributed by atoms with Gasteiger partial charge in [-0.05, 0) is 43.9 Å². The number of benzene rings is 1. The Bertz CT molecular complexity index is 1420. The maximum absolute atomic E-state index is 14.0. The van der Waals surface area contributed by atoms with Crippen molar-refractivity contribution in [3.8, 4) is 5.75 Å². The van der Waals surface area contributed by atoms with Crippen molar-refractivity contribution in [2.24, 2.45) is 0 Å². The fourth-order valence-corrected chi connectivity index (χ4v) is 6.66. The van der Waals surface area contributed by atoms with Gasteiger partial charge in [-0.2, -0.15) is 4.31 Å². The number of hydrogen-bond donors (Lipinski definition) is 1. The maximum atomic E-state index is 14.0. The number of pyridine rings is 1. The van der Waals surface area contributed by atoms with Gasteiger partial charge in [0, 0.05) is 35.4 Å². The molecule has 7 nitrogen and oxygen atoms in total. The minimum Gasteiger partial charge on any atom is -0.478 e. The highest BCUT2D eigenvalue weighted by Gasteiger charge is 2.40. The minimum atomic E-state index is -3.22. The van der Waals surface area contributed by atoms with Crippen molar-refractivity contribution in [1.82, 2.24) is 9.29 Å². The second-order valence-electron chi connectivity index (χ2n) is 8.46. The van der Waals surface area contributed by atoms with E-state index in [0.29, 0.717) is 36.0 Å². The third kappa shape index (κ3) is 4.04. The smallest absolute Gasteiger partial charge is 0.217 e. The molecule has 0 bridgehead atoms. The van der Waals surface area contributed by atoms with Gasteiger partial charge in [-0.3, -0.25) is 0 Å². The quantitative estimate of drug-likeness (QED) is 0.422. The van der Waals surface area contributed by atoms with E-state index in [1.54, 1.807) is 19.4 Å². The highest BCUT2D eigenvalue weighted by atomic mass is 35.5. The van der Waals surface area contributed by atoms with E-state index in [2.05, 4.69) is 4.98 Å². The van der Waals surface area contributed by atoms with Crippen molar-refractivity contribution < 1.29 is 22.0 Å². The highest BCUT2D eigenvalue weighted by molar-refractivity contribution is 7.90. The van der Waals surface area contributed by atoms with Crippen LogP contribution in [0.15, 0.2) is 35.1 Å². The van der Waals surface area contributed by atoms with Gasteiger partial charge in [0.15, 0.2) is 11.4 Å². The summed E-state index contributed by atoms with van der Waals surface area (Å²) in [6.07, 6.45) is 6.36. The van der Waals surface area contributed by atoms with Crippen molar-refractivity contribution in [1.29, 1.82) is 0 Å². The second kappa shape index (κ2) is 8.71. The van der Waals surface area contributed by atoms with Gasteiger partial charge in [-0.25, -0.2) is 17.8 Å². The van der Waals surface area contributed by atoms with E-state index in [4.69, 9.17) is 38.1 Å². The Labute approximate surface area is 206 Å². The van der Waals surface area contributed by atoms with Gasteiger partial charge in [-0.15, -0.1) is 0 Å². The number of nitrogen functional groups attached to an aromatic ring is 1. The normalized spacial score (nSPS) is 18.2. The van der Waals surface area contributed by atoms with Gasteiger partial charge >= 0.3 is 0 Å². The molecule has 180 valence electrons. The molecule has 1 aliphatic carbocycles. The maximum Gasteiger partial charge on any atom is 0.217 e. The number of furan rings is 1. The number of aromatic nitrogens is 1. The number of anilines is 1. The first kappa shape index (κ1) is 23.4. The molecule has 5 rings (SSSR count). The zero-order valence-electron chi connectivity index (χ0n) is 18.2. The van der Waals surface area contributed by atoms with Gasteiger partial charge in [0.1, 0.15) is 11.9 Å². The number of ether oxygens (including phenoxy) is 1. The summed E-state index contributed by atoms with van der Waals surface area (Å²) in [7, 11) is -3.22. The Morgan fingerprint density at radius 3 is 2.76 bits per heavy atom. The van der Waals surface area contributed by atoms with Crippen molar-refractivity contribution >= 4 is 55.6 Å². The first-order chi connectivity index (χ1) is 16.2. The van der Waals surface area contributed by atoms with Crippen LogP contribution in [-0.4, -0.2) is 36.0 Å². The van der Waals surface area contributed by atoms with E-state index >= 15 is 0 Å². The summed E-state index contributed by atoms with van der Waals surface area (Å²) in [5.74, 6) is -0.312. The molecule has 1 atom stereocenters. The average molecular weight is 526 g/mol. The first-order valence-corrected chi connectivity index (χ1v) is 13.1. The second-order valence-corrected chi connectivity index (χ2v) is 11.5. The summed E-state index contributed by atoms with van der Waals surface area (Å²) in [4.78, 5) is 4.25. The summed E-state index contributed by atoms with van der Waals surface area (Å²) in [6.45, 7) is 2.41. The lowest BCUT2D eigenvalue weighted by Gasteiger charge is -2.25. The monoisotopic (exact) mass is 525 g/mol. The molecule has 3 heterocycles. The van der Waals surface area contributed by atoms with Crippen molar-refractivity contribution in [3.63, 3.8) is 0 Å².